The molecule has 1 aliphatic heterocycles. The molecule has 66 valence electrons. The number of hydrogen-bond acceptors (Lipinski definition) is 3. The van der Waals surface area contributed by atoms with E-state index in [1.165, 1.54) is 5.56 Å². The van der Waals surface area contributed by atoms with E-state index >= 15 is 0 Å². The van der Waals surface area contributed by atoms with Gasteiger partial charge in [0.2, 0.25) is 0 Å². The van der Waals surface area contributed by atoms with E-state index in [-0.39, 0.29) is 6.17 Å². The first-order chi connectivity index (χ1) is 6.25. The zero-order valence-electron chi connectivity index (χ0n) is 7.73. The van der Waals surface area contributed by atoms with E-state index in [1.807, 2.05) is 19.1 Å². The van der Waals surface area contributed by atoms with Gasteiger partial charge in [-0.1, -0.05) is 29.8 Å². The maximum absolute atomic E-state index is 4.27. The van der Waals surface area contributed by atoms with Crippen LogP contribution in [-0.4, -0.2) is 5.84 Å². The molecule has 2 rings (SSSR count). The Morgan fingerprint density at radius 3 is 2.31 bits per heavy atom. The van der Waals surface area contributed by atoms with E-state index in [9.17, 15) is 0 Å². The van der Waals surface area contributed by atoms with Crippen LogP contribution in [-0.2, 0) is 0 Å². The van der Waals surface area contributed by atoms with Gasteiger partial charge in [-0.25, -0.2) is 4.99 Å². The molecule has 3 heteroatoms. The summed E-state index contributed by atoms with van der Waals surface area (Å²) in [6, 6.07) is 8.21. The highest BCUT2D eigenvalue weighted by molar-refractivity contribution is 5.81. The summed E-state index contributed by atoms with van der Waals surface area (Å²) in [6.07, 6.45) is -0.111. The van der Waals surface area contributed by atoms with Crippen LogP contribution in [0.2, 0.25) is 0 Å². The highest BCUT2D eigenvalue weighted by atomic mass is 15.3. The monoisotopic (exact) mass is 173 g/mol. The number of amidine groups is 1. The highest BCUT2D eigenvalue weighted by Crippen LogP contribution is 2.23. The fourth-order valence-corrected chi connectivity index (χ4v) is 1.25. The molecular weight excluding hydrogens is 162 g/mol. The molecule has 0 bridgehead atoms. The van der Waals surface area contributed by atoms with Crippen LogP contribution in [0.4, 0.5) is 0 Å². The van der Waals surface area contributed by atoms with Gasteiger partial charge in [-0.05, 0) is 13.8 Å². The van der Waals surface area contributed by atoms with Crippen molar-refractivity contribution in [3.8, 4) is 0 Å². The lowest BCUT2D eigenvalue weighted by atomic mass is 10.1. The Morgan fingerprint density at radius 2 is 1.77 bits per heavy atom. The highest BCUT2D eigenvalue weighted by Gasteiger charge is 2.12. The lowest BCUT2D eigenvalue weighted by molar-refractivity contribution is 0.771. The van der Waals surface area contributed by atoms with Gasteiger partial charge in [0.1, 0.15) is 5.84 Å². The molecular formula is C10H11N3. The number of benzene rings is 1. The second-order valence-corrected chi connectivity index (χ2v) is 3.18. The van der Waals surface area contributed by atoms with Gasteiger partial charge in [-0.3, -0.25) is 0 Å². The van der Waals surface area contributed by atoms with Crippen molar-refractivity contribution < 1.29 is 0 Å². The van der Waals surface area contributed by atoms with Crippen LogP contribution in [0.5, 0.6) is 0 Å². The summed E-state index contributed by atoms with van der Waals surface area (Å²) in [4.78, 5) is 4.27. The van der Waals surface area contributed by atoms with E-state index in [1.54, 1.807) is 0 Å². The molecule has 3 nitrogen and oxygen atoms in total. The molecule has 1 unspecified atom stereocenters. The molecule has 1 aromatic rings. The Bertz CT molecular complexity index is 362. The van der Waals surface area contributed by atoms with E-state index < -0.39 is 0 Å². The van der Waals surface area contributed by atoms with E-state index in [2.05, 4.69) is 34.3 Å². The summed E-state index contributed by atoms with van der Waals surface area (Å²) in [5.41, 5.74) is 2.35. The molecule has 0 radical (unpaired) electrons. The molecule has 0 aromatic heterocycles. The first-order valence-electron chi connectivity index (χ1n) is 4.27. The third kappa shape index (κ3) is 1.64. The van der Waals surface area contributed by atoms with E-state index in [4.69, 9.17) is 0 Å². The van der Waals surface area contributed by atoms with Gasteiger partial charge in [0.25, 0.3) is 0 Å². The Labute approximate surface area is 77.2 Å². The van der Waals surface area contributed by atoms with Crippen LogP contribution in [0.3, 0.4) is 0 Å². The minimum Gasteiger partial charge on any atom is -0.235 e. The van der Waals surface area contributed by atoms with E-state index in [0.29, 0.717) is 0 Å². The van der Waals surface area contributed by atoms with Crippen molar-refractivity contribution in [2.24, 2.45) is 15.2 Å². The lowest BCUT2D eigenvalue weighted by Crippen LogP contribution is -1.88. The molecule has 0 spiro atoms. The zero-order chi connectivity index (χ0) is 9.26. The quantitative estimate of drug-likeness (QED) is 0.626. The molecule has 1 atom stereocenters. The van der Waals surface area contributed by atoms with Crippen molar-refractivity contribution in [1.82, 2.24) is 0 Å². The molecule has 0 saturated carbocycles. The summed E-state index contributed by atoms with van der Waals surface area (Å²) in [5, 5.41) is 7.93. The van der Waals surface area contributed by atoms with Crippen molar-refractivity contribution >= 4 is 5.84 Å². The maximum atomic E-state index is 4.27. The number of hydrogen-bond donors (Lipinski definition) is 0. The number of aliphatic imine (C=N–C) groups is 1. The van der Waals surface area contributed by atoms with Crippen LogP contribution in [0.25, 0.3) is 0 Å². The van der Waals surface area contributed by atoms with Gasteiger partial charge >= 0.3 is 0 Å². The fourth-order valence-electron chi connectivity index (χ4n) is 1.25. The van der Waals surface area contributed by atoms with Crippen molar-refractivity contribution in [3.63, 3.8) is 0 Å². The maximum Gasteiger partial charge on any atom is 0.188 e. The Hall–Kier alpha value is -1.51. The first kappa shape index (κ1) is 8.10. The summed E-state index contributed by atoms with van der Waals surface area (Å²) in [6.45, 7) is 3.92. The minimum absolute atomic E-state index is 0.111. The smallest absolute Gasteiger partial charge is 0.188 e. The Morgan fingerprint density at radius 1 is 1.08 bits per heavy atom. The second kappa shape index (κ2) is 3.09. The average Bonchev–Trinajstić information content (AvgIpc) is 2.53. The molecule has 0 aliphatic carbocycles. The summed E-state index contributed by atoms with van der Waals surface area (Å²) in [5.74, 6) is 0.755. The predicted octanol–water partition coefficient (Wildman–Crippen LogP) is 2.88. The van der Waals surface area contributed by atoms with Crippen molar-refractivity contribution in [1.29, 1.82) is 0 Å². The average molecular weight is 173 g/mol. The zero-order valence-corrected chi connectivity index (χ0v) is 7.73. The van der Waals surface area contributed by atoms with Crippen molar-refractivity contribution in [3.05, 3.63) is 35.4 Å². The normalized spacial score (nSPS) is 20.5. The third-order valence-corrected chi connectivity index (χ3v) is 2.00. The molecule has 13 heavy (non-hydrogen) atoms. The van der Waals surface area contributed by atoms with Gasteiger partial charge in [0, 0.05) is 5.56 Å². The van der Waals surface area contributed by atoms with Gasteiger partial charge in [0.15, 0.2) is 6.17 Å². The van der Waals surface area contributed by atoms with Gasteiger partial charge in [-0.15, -0.1) is 5.11 Å². The topological polar surface area (TPSA) is 37.1 Å². The van der Waals surface area contributed by atoms with Crippen LogP contribution < -0.4 is 0 Å². The first-order valence-corrected chi connectivity index (χ1v) is 4.27. The predicted molar refractivity (Wildman–Crippen MR) is 51.9 cm³/mol. The van der Waals surface area contributed by atoms with E-state index in [0.717, 1.165) is 11.4 Å². The standard InChI is InChI=1S/C10H11N3/c1-7-3-5-9(6-4-7)10-11-8(2)12-13-10/h3-6,10H,1-2H3. The largest absolute Gasteiger partial charge is 0.235 e. The number of azo groups is 1. The third-order valence-electron chi connectivity index (χ3n) is 2.00. The van der Waals surface area contributed by atoms with Crippen LogP contribution in [0.15, 0.2) is 39.5 Å². The SMILES string of the molecule is CC1=NC(c2ccc(C)cc2)N=N1. The molecule has 0 N–H and O–H groups in total. The Kier molecular flexibility index (Phi) is 1.93. The summed E-state index contributed by atoms with van der Waals surface area (Å²) < 4.78 is 0. The van der Waals surface area contributed by atoms with Crippen LogP contribution in [0.1, 0.15) is 24.2 Å². The fraction of sp³-hybridized carbons (Fsp3) is 0.300. The van der Waals surface area contributed by atoms with Gasteiger partial charge in [-0.2, -0.15) is 5.11 Å². The number of rotatable bonds is 1. The second-order valence-electron chi connectivity index (χ2n) is 3.18. The summed E-state index contributed by atoms with van der Waals surface area (Å²) >= 11 is 0. The van der Waals surface area contributed by atoms with Crippen molar-refractivity contribution in [2.45, 2.75) is 20.0 Å². The summed E-state index contributed by atoms with van der Waals surface area (Å²) in [7, 11) is 0. The van der Waals surface area contributed by atoms with Gasteiger partial charge < -0.3 is 0 Å². The van der Waals surface area contributed by atoms with Gasteiger partial charge in [0.05, 0.1) is 0 Å². The molecule has 1 heterocycles. The van der Waals surface area contributed by atoms with Crippen molar-refractivity contribution in [2.75, 3.05) is 0 Å². The molecule has 1 aliphatic rings. The minimum atomic E-state index is -0.111. The molecule has 1 aromatic carbocycles. The molecule has 0 saturated heterocycles. The number of nitrogens with zero attached hydrogens (tertiary/aromatic N) is 3. The number of aryl methyl sites for hydroxylation is 1. The van der Waals surface area contributed by atoms with Crippen LogP contribution in [0, 0.1) is 6.92 Å². The Balaban J connectivity index is 2.28. The lowest BCUT2D eigenvalue weighted by Gasteiger charge is -2.02. The molecule has 0 fully saturated rings. The molecule has 0 amide bonds. The van der Waals surface area contributed by atoms with Crippen LogP contribution >= 0.6 is 0 Å².